The Kier molecular flexibility index (Phi) is 12.4. The van der Waals surface area contributed by atoms with Crippen LogP contribution in [0.15, 0.2) is 98.9 Å². The van der Waals surface area contributed by atoms with Crippen LogP contribution in [0.3, 0.4) is 0 Å². The lowest BCUT2D eigenvalue weighted by Gasteiger charge is -2.39. The molecule has 4 aliphatic rings. The third-order valence-electron chi connectivity index (χ3n) is 12.7. The summed E-state index contributed by atoms with van der Waals surface area (Å²) in [5.74, 6) is -0.124. The van der Waals surface area contributed by atoms with E-state index in [1.165, 1.54) is 29.1 Å². The van der Waals surface area contributed by atoms with E-state index in [0.717, 1.165) is 87.5 Å². The monoisotopic (exact) mass is 923 g/mol. The quantitative estimate of drug-likeness (QED) is 0.0615. The molecule has 2 fully saturated rings. The van der Waals surface area contributed by atoms with Gasteiger partial charge in [-0.25, -0.2) is 4.98 Å². The van der Waals surface area contributed by atoms with Crippen molar-refractivity contribution in [1.29, 1.82) is 0 Å². The summed E-state index contributed by atoms with van der Waals surface area (Å²) >= 11 is 7.22. The number of carbonyl (C=O) groups is 1. The Labute approximate surface area is 381 Å². The van der Waals surface area contributed by atoms with E-state index >= 15 is 0 Å². The van der Waals surface area contributed by atoms with Gasteiger partial charge in [-0.1, -0.05) is 43.2 Å². The Morgan fingerprint density at radius 1 is 1.02 bits per heavy atom. The van der Waals surface area contributed by atoms with Crippen LogP contribution in [0.2, 0.25) is 5.02 Å². The fourth-order valence-corrected chi connectivity index (χ4v) is 10.7. The largest absolute Gasteiger partial charge is 0.381 e. The molecule has 5 heterocycles. The topological polar surface area (TPSA) is 178 Å². The highest BCUT2D eigenvalue weighted by atomic mass is 35.5. The number of hydrogen-bond acceptors (Lipinski definition) is 12. The standard InChI is InChI=1S/C46H50ClN9O6S2/c1-46(2)15-11-33(38(26-46)31-3-5-34(47)6-4-31)28-53-17-19-54(20-18-53)35-7-9-37(40(24-35)55-29-50-64(60,61)45-42(55)23-32-12-16-48-43(32)51-45)44(57)52-63-36-8-10-39(41(25-36)56(58)59)49-27-30-13-21-62-22-14-30/h3-10,12,16,23-25,29-30,49H,11,13-15,17-22,26-28H2,1-2H3,(H,48,51)(H,52,57). The van der Waals surface area contributed by atoms with Crippen molar-refractivity contribution in [3.63, 3.8) is 0 Å². The molecule has 334 valence electrons. The minimum absolute atomic E-state index is 0.0937. The van der Waals surface area contributed by atoms with Gasteiger partial charge in [-0.2, -0.15) is 8.42 Å². The number of nitro benzene ring substituents is 1. The second-order valence-corrected chi connectivity index (χ2v) is 20.5. The van der Waals surface area contributed by atoms with Crippen LogP contribution in [0.25, 0.3) is 16.6 Å². The summed E-state index contributed by atoms with van der Waals surface area (Å²) in [6.07, 6.45) is 7.88. The molecule has 1 aliphatic carbocycles. The Bertz CT molecular complexity index is 2760. The minimum atomic E-state index is -4.14. The van der Waals surface area contributed by atoms with Crippen molar-refractivity contribution >= 4 is 90.9 Å². The molecule has 0 atom stereocenters. The number of piperazine rings is 1. The fourth-order valence-electron chi connectivity index (χ4n) is 8.98. The average Bonchev–Trinajstić information content (AvgIpc) is 3.76. The summed E-state index contributed by atoms with van der Waals surface area (Å²) in [4.78, 5) is 40.2. The minimum Gasteiger partial charge on any atom is -0.381 e. The Morgan fingerprint density at radius 2 is 1.80 bits per heavy atom. The van der Waals surface area contributed by atoms with Crippen molar-refractivity contribution in [1.82, 2.24) is 19.6 Å². The van der Waals surface area contributed by atoms with Gasteiger partial charge in [-0.05, 0) is 121 Å². The average molecular weight is 925 g/mol. The van der Waals surface area contributed by atoms with E-state index < -0.39 is 20.9 Å². The molecular weight excluding hydrogens is 874 g/mol. The van der Waals surface area contributed by atoms with Crippen molar-refractivity contribution in [2.75, 3.05) is 67.6 Å². The molecule has 2 saturated heterocycles. The first-order chi connectivity index (χ1) is 30.8. The number of sulfonamides is 1. The van der Waals surface area contributed by atoms with E-state index in [2.05, 4.69) is 60.2 Å². The number of benzene rings is 3. The number of nitrogens with one attached hydrogen (secondary N) is 3. The van der Waals surface area contributed by atoms with Crippen LogP contribution in [0.5, 0.6) is 0 Å². The van der Waals surface area contributed by atoms with Crippen LogP contribution in [0.4, 0.5) is 28.4 Å². The first kappa shape index (κ1) is 43.8. The van der Waals surface area contributed by atoms with E-state index in [1.807, 2.05) is 24.3 Å². The van der Waals surface area contributed by atoms with Gasteiger partial charge in [0.25, 0.3) is 11.6 Å². The van der Waals surface area contributed by atoms with Crippen LogP contribution >= 0.6 is 23.5 Å². The van der Waals surface area contributed by atoms with Gasteiger partial charge in [0.2, 0.25) is 5.03 Å². The molecule has 9 rings (SSSR count). The molecule has 3 aliphatic heterocycles. The third kappa shape index (κ3) is 9.49. The number of pyridine rings is 1. The zero-order valence-electron chi connectivity index (χ0n) is 35.7. The third-order valence-corrected chi connectivity index (χ3v) is 14.8. The van der Waals surface area contributed by atoms with Crippen LogP contribution < -0.4 is 19.8 Å². The van der Waals surface area contributed by atoms with Gasteiger partial charge in [0, 0.05) is 85.7 Å². The van der Waals surface area contributed by atoms with Crippen LogP contribution in [0.1, 0.15) is 61.9 Å². The maximum absolute atomic E-state index is 14.2. The van der Waals surface area contributed by atoms with Gasteiger partial charge in [0.1, 0.15) is 17.7 Å². The SMILES string of the molecule is CC1(C)CCC(CN2CCN(c3ccc(C(=O)NSc4ccc(NCC5CCOCC5)c([N+](=O)[O-])c4)c(N4C=NS(=O)(=O)c5nc6[nH]ccc6cc54)c3)CC2)=C(c2ccc(Cl)cc2)C1. The lowest BCUT2D eigenvalue weighted by Crippen LogP contribution is -2.47. The molecule has 0 unspecified atom stereocenters. The molecule has 0 radical (unpaired) electrons. The number of fused-ring (bicyclic) bond motifs is 2. The van der Waals surface area contributed by atoms with Crippen molar-refractivity contribution < 1.29 is 22.9 Å². The Balaban J connectivity index is 0.970. The van der Waals surface area contributed by atoms with Crippen molar-refractivity contribution in [2.45, 2.75) is 55.9 Å². The first-order valence-electron chi connectivity index (χ1n) is 21.5. The number of rotatable bonds is 12. The number of aromatic nitrogens is 2. The number of nitro groups is 1. The molecule has 18 heteroatoms. The molecule has 3 aromatic carbocycles. The molecule has 0 saturated carbocycles. The smallest absolute Gasteiger partial charge is 0.303 e. The lowest BCUT2D eigenvalue weighted by molar-refractivity contribution is -0.384. The number of H-pyrrole nitrogens is 1. The zero-order valence-corrected chi connectivity index (χ0v) is 38.1. The van der Waals surface area contributed by atoms with Gasteiger partial charge < -0.3 is 19.9 Å². The highest BCUT2D eigenvalue weighted by Crippen LogP contribution is 2.44. The number of nitrogens with zero attached hydrogens (tertiary/aromatic N) is 6. The number of aromatic amines is 1. The summed E-state index contributed by atoms with van der Waals surface area (Å²) in [6.45, 7) is 10.6. The highest BCUT2D eigenvalue weighted by Gasteiger charge is 2.33. The maximum atomic E-state index is 14.2. The molecule has 3 N–H and O–H groups in total. The van der Waals surface area contributed by atoms with Gasteiger partial charge in [0.05, 0.1) is 21.9 Å². The molecular formula is C46H50ClN9O6S2. The molecule has 5 aromatic rings. The van der Waals surface area contributed by atoms with E-state index in [9.17, 15) is 23.3 Å². The number of halogens is 1. The molecule has 1 amide bonds. The molecule has 2 aromatic heterocycles. The molecule has 64 heavy (non-hydrogen) atoms. The summed E-state index contributed by atoms with van der Waals surface area (Å²) < 4.78 is 38.8. The van der Waals surface area contributed by atoms with Crippen LogP contribution in [-0.2, 0) is 14.8 Å². The summed E-state index contributed by atoms with van der Waals surface area (Å²) in [7, 11) is -4.14. The van der Waals surface area contributed by atoms with Gasteiger partial charge in [-0.3, -0.25) is 29.4 Å². The van der Waals surface area contributed by atoms with Crippen LogP contribution in [0, 0.1) is 21.4 Å². The summed E-state index contributed by atoms with van der Waals surface area (Å²) in [5.41, 5.74) is 6.81. The van der Waals surface area contributed by atoms with E-state index in [1.54, 1.807) is 41.4 Å². The zero-order chi connectivity index (χ0) is 44.6. The van der Waals surface area contributed by atoms with Gasteiger partial charge in [0.15, 0.2) is 0 Å². The second kappa shape index (κ2) is 18.2. The van der Waals surface area contributed by atoms with Crippen LogP contribution in [-0.4, -0.2) is 92.9 Å². The first-order valence-corrected chi connectivity index (χ1v) is 24.2. The molecule has 0 bridgehead atoms. The highest BCUT2D eigenvalue weighted by molar-refractivity contribution is 7.98. The van der Waals surface area contributed by atoms with Crippen molar-refractivity contribution in [3.05, 3.63) is 111 Å². The number of carbonyl (C=O) groups excluding carboxylic acids is 1. The predicted molar refractivity (Wildman–Crippen MR) is 253 cm³/mol. The van der Waals surface area contributed by atoms with Crippen molar-refractivity contribution in [2.24, 2.45) is 15.7 Å². The van der Waals surface area contributed by atoms with E-state index in [-0.39, 0.29) is 27.4 Å². The number of amides is 1. The molecule has 15 nitrogen and oxygen atoms in total. The molecule has 0 spiro atoms. The Hall–Kier alpha value is -5.46. The van der Waals surface area contributed by atoms with Crippen molar-refractivity contribution in [3.8, 4) is 0 Å². The van der Waals surface area contributed by atoms with E-state index in [0.29, 0.717) is 53.0 Å². The fraction of sp³-hybridized carbons (Fsp3) is 0.370. The Morgan fingerprint density at radius 3 is 2.56 bits per heavy atom. The normalized spacial score (nSPS) is 18.9. The number of allylic oxidation sites excluding steroid dienone is 1. The maximum Gasteiger partial charge on any atom is 0.303 e. The van der Waals surface area contributed by atoms with Gasteiger partial charge >= 0.3 is 10.0 Å². The number of ether oxygens (including phenoxy) is 1. The summed E-state index contributed by atoms with van der Waals surface area (Å²) in [5, 5.41) is 16.6. The second-order valence-electron chi connectivity index (χ2n) is 17.6. The van der Waals surface area contributed by atoms with Gasteiger partial charge in [-0.15, -0.1) is 4.40 Å². The number of anilines is 4. The number of hydrogen-bond donors (Lipinski definition) is 3. The lowest BCUT2D eigenvalue weighted by atomic mass is 9.72. The van der Waals surface area contributed by atoms with E-state index in [4.69, 9.17) is 16.3 Å². The summed E-state index contributed by atoms with van der Waals surface area (Å²) in [6, 6.07) is 22.1. The predicted octanol–water partition coefficient (Wildman–Crippen LogP) is 9.05.